The first-order valence-electron chi connectivity index (χ1n) is 6.86. The molecule has 1 heterocycles. The number of carbonyl (C=O) groups is 1. The summed E-state index contributed by atoms with van der Waals surface area (Å²) in [5.41, 5.74) is 6.23. The first-order valence-corrected chi connectivity index (χ1v) is 6.86. The zero-order valence-corrected chi connectivity index (χ0v) is 11.9. The van der Waals surface area contributed by atoms with Crippen LogP contribution in [-0.4, -0.2) is 30.9 Å². The van der Waals surface area contributed by atoms with Gasteiger partial charge in [-0.05, 0) is 26.0 Å². The Hall–Kier alpha value is -1.75. The van der Waals surface area contributed by atoms with E-state index in [-0.39, 0.29) is 30.9 Å². The van der Waals surface area contributed by atoms with E-state index in [1.54, 1.807) is 24.3 Å². The van der Waals surface area contributed by atoms with E-state index in [0.29, 0.717) is 11.4 Å². The average Bonchev–Trinajstić information content (AvgIpc) is 2.35. The van der Waals surface area contributed by atoms with Crippen LogP contribution in [-0.2, 0) is 14.3 Å². The Balaban J connectivity index is 1.78. The molecule has 0 aliphatic carbocycles. The fourth-order valence-electron chi connectivity index (χ4n) is 2.41. The van der Waals surface area contributed by atoms with Crippen LogP contribution in [0.2, 0.25) is 0 Å². The molecule has 20 heavy (non-hydrogen) atoms. The minimum Gasteiger partial charge on any atom is -0.482 e. The molecule has 5 heteroatoms. The minimum absolute atomic E-state index is 0.0920. The Morgan fingerprint density at radius 1 is 1.35 bits per heavy atom. The third-order valence-electron chi connectivity index (χ3n) is 3.17. The van der Waals surface area contributed by atoms with Crippen molar-refractivity contribution < 1.29 is 19.0 Å². The van der Waals surface area contributed by atoms with Gasteiger partial charge in [0.2, 0.25) is 0 Å². The Morgan fingerprint density at radius 2 is 2.05 bits per heavy atom. The van der Waals surface area contributed by atoms with Gasteiger partial charge in [0.05, 0.1) is 12.2 Å². The summed E-state index contributed by atoms with van der Waals surface area (Å²) >= 11 is 0. The third kappa shape index (κ3) is 4.42. The van der Waals surface area contributed by atoms with Crippen LogP contribution in [0.15, 0.2) is 24.3 Å². The summed E-state index contributed by atoms with van der Waals surface area (Å²) in [5, 5.41) is 0. The molecule has 0 amide bonds. The van der Waals surface area contributed by atoms with Gasteiger partial charge in [-0.1, -0.05) is 6.07 Å². The number of esters is 1. The summed E-state index contributed by atoms with van der Waals surface area (Å²) in [5.74, 6) is 0.203. The Bertz CT molecular complexity index is 453. The molecule has 0 bridgehead atoms. The van der Waals surface area contributed by atoms with E-state index in [0.717, 1.165) is 12.8 Å². The summed E-state index contributed by atoms with van der Waals surface area (Å²) in [6.07, 6.45) is 1.60. The standard InChI is InChI=1S/C15H21NO4/c1-10-6-14(7-11(2)19-10)20-15(17)9-18-13-5-3-4-12(16)8-13/h3-5,8,10-11,14H,6-7,9,16H2,1-2H3. The second-order valence-corrected chi connectivity index (χ2v) is 5.20. The molecule has 2 unspecified atom stereocenters. The number of rotatable bonds is 4. The molecule has 1 aliphatic rings. The summed E-state index contributed by atoms with van der Waals surface area (Å²) in [7, 11) is 0. The number of anilines is 1. The minimum atomic E-state index is -0.362. The number of hydrogen-bond acceptors (Lipinski definition) is 5. The molecule has 2 atom stereocenters. The topological polar surface area (TPSA) is 70.8 Å². The molecule has 1 aromatic rings. The maximum Gasteiger partial charge on any atom is 0.344 e. The van der Waals surface area contributed by atoms with E-state index in [4.69, 9.17) is 19.9 Å². The molecule has 0 aromatic heterocycles. The van der Waals surface area contributed by atoms with Gasteiger partial charge < -0.3 is 19.9 Å². The van der Waals surface area contributed by atoms with E-state index in [2.05, 4.69) is 0 Å². The van der Waals surface area contributed by atoms with Gasteiger partial charge in [-0.3, -0.25) is 0 Å². The Kier molecular flexibility index (Phi) is 4.84. The van der Waals surface area contributed by atoms with Gasteiger partial charge in [0.15, 0.2) is 6.61 Å². The fraction of sp³-hybridized carbons (Fsp3) is 0.533. The van der Waals surface area contributed by atoms with Crippen molar-refractivity contribution in [2.24, 2.45) is 0 Å². The number of hydrogen-bond donors (Lipinski definition) is 1. The van der Waals surface area contributed by atoms with Gasteiger partial charge in [-0.25, -0.2) is 4.79 Å². The summed E-state index contributed by atoms with van der Waals surface area (Å²) in [6, 6.07) is 6.96. The van der Waals surface area contributed by atoms with E-state index >= 15 is 0 Å². The van der Waals surface area contributed by atoms with Crippen molar-refractivity contribution in [2.45, 2.75) is 45.0 Å². The van der Waals surface area contributed by atoms with Gasteiger partial charge >= 0.3 is 5.97 Å². The van der Waals surface area contributed by atoms with E-state index in [1.807, 2.05) is 13.8 Å². The Morgan fingerprint density at radius 3 is 2.70 bits per heavy atom. The number of ether oxygens (including phenoxy) is 3. The first kappa shape index (κ1) is 14.7. The molecule has 0 spiro atoms. The zero-order chi connectivity index (χ0) is 14.5. The number of benzene rings is 1. The molecule has 1 saturated heterocycles. The summed E-state index contributed by atoms with van der Waals surface area (Å²) in [4.78, 5) is 11.8. The first-order chi connectivity index (χ1) is 9.52. The lowest BCUT2D eigenvalue weighted by Crippen LogP contribution is -2.36. The SMILES string of the molecule is CC1CC(OC(=O)COc2cccc(N)c2)CC(C)O1. The summed E-state index contributed by atoms with van der Waals surface area (Å²) in [6.45, 7) is 3.86. The highest BCUT2D eigenvalue weighted by Crippen LogP contribution is 2.22. The highest BCUT2D eigenvalue weighted by atomic mass is 16.6. The van der Waals surface area contributed by atoms with Crippen molar-refractivity contribution in [1.29, 1.82) is 0 Å². The zero-order valence-electron chi connectivity index (χ0n) is 11.9. The molecule has 110 valence electrons. The van der Waals surface area contributed by atoms with E-state index < -0.39 is 0 Å². The quantitative estimate of drug-likeness (QED) is 0.675. The molecule has 2 rings (SSSR count). The number of nitrogens with two attached hydrogens (primary N) is 1. The number of nitrogen functional groups attached to an aromatic ring is 1. The van der Waals surface area contributed by atoms with Gasteiger partial charge in [0.1, 0.15) is 11.9 Å². The van der Waals surface area contributed by atoms with Crippen molar-refractivity contribution in [1.82, 2.24) is 0 Å². The van der Waals surface area contributed by atoms with Crippen molar-refractivity contribution in [3.05, 3.63) is 24.3 Å². The molecule has 5 nitrogen and oxygen atoms in total. The highest BCUT2D eigenvalue weighted by Gasteiger charge is 2.27. The van der Waals surface area contributed by atoms with Gasteiger partial charge in [0, 0.05) is 24.6 Å². The molecule has 0 radical (unpaired) electrons. The summed E-state index contributed by atoms with van der Waals surface area (Å²) < 4.78 is 16.4. The maximum atomic E-state index is 11.8. The predicted octanol–water partition coefficient (Wildman–Crippen LogP) is 2.15. The van der Waals surface area contributed by atoms with E-state index in [1.165, 1.54) is 0 Å². The molecule has 1 fully saturated rings. The molecule has 1 aliphatic heterocycles. The van der Waals surface area contributed by atoms with Crippen LogP contribution < -0.4 is 10.5 Å². The third-order valence-corrected chi connectivity index (χ3v) is 3.17. The smallest absolute Gasteiger partial charge is 0.344 e. The predicted molar refractivity (Wildman–Crippen MR) is 75.5 cm³/mol. The lowest BCUT2D eigenvalue weighted by atomic mass is 10.0. The van der Waals surface area contributed by atoms with Crippen molar-refractivity contribution in [2.75, 3.05) is 12.3 Å². The van der Waals surface area contributed by atoms with E-state index in [9.17, 15) is 4.79 Å². The van der Waals surface area contributed by atoms with Gasteiger partial charge in [-0.15, -0.1) is 0 Å². The molecule has 0 saturated carbocycles. The lowest BCUT2D eigenvalue weighted by Gasteiger charge is -2.31. The van der Waals surface area contributed by atoms with Crippen molar-refractivity contribution in [3.63, 3.8) is 0 Å². The van der Waals surface area contributed by atoms with Crippen LogP contribution in [0.5, 0.6) is 5.75 Å². The average molecular weight is 279 g/mol. The van der Waals surface area contributed by atoms with Crippen molar-refractivity contribution in [3.8, 4) is 5.75 Å². The maximum absolute atomic E-state index is 11.8. The largest absolute Gasteiger partial charge is 0.482 e. The monoisotopic (exact) mass is 279 g/mol. The van der Waals surface area contributed by atoms with Crippen LogP contribution in [0, 0.1) is 0 Å². The van der Waals surface area contributed by atoms with Crippen molar-refractivity contribution >= 4 is 11.7 Å². The van der Waals surface area contributed by atoms with Crippen LogP contribution in [0.4, 0.5) is 5.69 Å². The van der Waals surface area contributed by atoms with Gasteiger partial charge in [-0.2, -0.15) is 0 Å². The Labute approximate surface area is 119 Å². The molecular formula is C15H21NO4. The fourth-order valence-corrected chi connectivity index (χ4v) is 2.41. The lowest BCUT2D eigenvalue weighted by molar-refractivity contribution is -0.161. The van der Waals surface area contributed by atoms with Crippen LogP contribution in [0.1, 0.15) is 26.7 Å². The molecule has 1 aromatic carbocycles. The van der Waals surface area contributed by atoms with Crippen LogP contribution >= 0.6 is 0 Å². The molecular weight excluding hydrogens is 258 g/mol. The van der Waals surface area contributed by atoms with Gasteiger partial charge in [0.25, 0.3) is 0 Å². The highest BCUT2D eigenvalue weighted by molar-refractivity contribution is 5.71. The van der Waals surface area contributed by atoms with Crippen LogP contribution in [0.3, 0.4) is 0 Å². The second kappa shape index (κ2) is 6.61. The number of carbonyl (C=O) groups excluding carboxylic acids is 1. The second-order valence-electron chi connectivity index (χ2n) is 5.20. The van der Waals surface area contributed by atoms with Crippen LogP contribution in [0.25, 0.3) is 0 Å². The molecule has 2 N–H and O–H groups in total. The normalized spacial score (nSPS) is 26.0.